The normalized spacial score (nSPS) is 9.47. The molecule has 80 valence electrons. The molecule has 1 heterocycles. The van der Waals surface area contributed by atoms with Crippen LogP contribution in [-0.2, 0) is 0 Å². The maximum Gasteiger partial charge on any atom is 0.185 e. The van der Waals surface area contributed by atoms with E-state index in [1.807, 2.05) is 13.1 Å². The Bertz CT molecular complexity index is 369. The van der Waals surface area contributed by atoms with Gasteiger partial charge < -0.3 is 5.32 Å². The Kier molecular flexibility index (Phi) is 3.86. The molecule has 0 spiro atoms. The quantitative estimate of drug-likeness (QED) is 0.596. The Morgan fingerprint density at radius 1 is 1.53 bits per heavy atom. The lowest BCUT2D eigenvalue weighted by Crippen LogP contribution is -2.12. The Balaban J connectivity index is 2.90. The van der Waals surface area contributed by atoms with Crippen LogP contribution < -0.4 is 10.2 Å². The zero-order valence-electron chi connectivity index (χ0n) is 9.28. The summed E-state index contributed by atoms with van der Waals surface area (Å²) < 4.78 is 0. The third-order valence-electron chi connectivity index (χ3n) is 1.87. The molecular weight excluding hydrogens is 190 g/mol. The number of nitrogens with zero attached hydrogens (tertiary/aromatic N) is 4. The zero-order valence-corrected chi connectivity index (χ0v) is 9.28. The summed E-state index contributed by atoms with van der Waals surface area (Å²) in [6.45, 7) is 4.77. The lowest BCUT2D eigenvalue weighted by atomic mass is 10.4. The van der Waals surface area contributed by atoms with Crippen LogP contribution in [0.1, 0.15) is 19.2 Å². The van der Waals surface area contributed by atoms with E-state index in [9.17, 15) is 0 Å². The molecule has 0 unspecified atom stereocenters. The van der Waals surface area contributed by atoms with E-state index in [1.54, 1.807) is 13.1 Å². The molecule has 0 radical (unpaired) electrons. The molecule has 0 bridgehead atoms. The molecule has 0 saturated carbocycles. The second-order valence-corrected chi connectivity index (χ2v) is 3.24. The molecule has 1 aromatic heterocycles. The fourth-order valence-corrected chi connectivity index (χ4v) is 1.12. The van der Waals surface area contributed by atoms with Crippen molar-refractivity contribution in [2.75, 3.05) is 23.8 Å². The third kappa shape index (κ3) is 3.09. The van der Waals surface area contributed by atoms with Crippen LogP contribution in [0.15, 0.2) is 6.07 Å². The van der Waals surface area contributed by atoms with Crippen LogP contribution in [0.4, 0.5) is 11.6 Å². The van der Waals surface area contributed by atoms with Crippen LogP contribution in [0.2, 0.25) is 0 Å². The van der Waals surface area contributed by atoms with Crippen molar-refractivity contribution in [1.29, 1.82) is 5.26 Å². The van der Waals surface area contributed by atoms with E-state index >= 15 is 0 Å². The minimum Gasteiger partial charge on any atom is -0.370 e. The second-order valence-electron chi connectivity index (χ2n) is 3.24. The molecule has 5 nitrogen and oxygen atoms in total. The maximum atomic E-state index is 8.74. The Morgan fingerprint density at radius 3 is 2.87 bits per heavy atom. The van der Waals surface area contributed by atoms with Crippen molar-refractivity contribution in [3.05, 3.63) is 11.9 Å². The van der Waals surface area contributed by atoms with E-state index in [0.29, 0.717) is 11.6 Å². The van der Waals surface area contributed by atoms with Crippen LogP contribution in [0.25, 0.3) is 0 Å². The molecule has 1 rings (SSSR count). The number of anilines is 2. The van der Waals surface area contributed by atoms with Gasteiger partial charge >= 0.3 is 0 Å². The monoisotopic (exact) mass is 205 g/mol. The molecule has 0 atom stereocenters. The van der Waals surface area contributed by atoms with E-state index in [4.69, 9.17) is 5.26 Å². The van der Waals surface area contributed by atoms with Crippen molar-refractivity contribution in [2.45, 2.75) is 20.3 Å². The number of nitrogens with one attached hydrogen (secondary N) is 1. The Hall–Kier alpha value is -1.83. The molecule has 0 amide bonds. The van der Waals surface area contributed by atoms with Crippen molar-refractivity contribution < 1.29 is 0 Å². The first-order valence-corrected chi connectivity index (χ1v) is 4.90. The average Bonchev–Trinajstić information content (AvgIpc) is 2.24. The van der Waals surface area contributed by atoms with E-state index in [1.165, 1.54) is 4.90 Å². The van der Waals surface area contributed by atoms with Gasteiger partial charge in [0.1, 0.15) is 17.5 Å². The Morgan fingerprint density at radius 2 is 2.27 bits per heavy atom. The molecule has 15 heavy (non-hydrogen) atoms. The summed E-state index contributed by atoms with van der Waals surface area (Å²) in [6, 6.07) is 1.77. The second kappa shape index (κ2) is 5.15. The van der Waals surface area contributed by atoms with Gasteiger partial charge in [-0.25, -0.2) is 9.97 Å². The number of hydrogen-bond donors (Lipinski definition) is 1. The van der Waals surface area contributed by atoms with Gasteiger partial charge in [-0.3, -0.25) is 4.90 Å². The molecule has 5 heteroatoms. The first-order valence-electron chi connectivity index (χ1n) is 4.90. The third-order valence-corrected chi connectivity index (χ3v) is 1.87. The van der Waals surface area contributed by atoms with E-state index < -0.39 is 0 Å². The summed E-state index contributed by atoms with van der Waals surface area (Å²) in [5, 5.41) is 11.9. The highest BCUT2D eigenvalue weighted by atomic mass is 15.2. The van der Waals surface area contributed by atoms with E-state index in [0.717, 1.165) is 18.8 Å². The van der Waals surface area contributed by atoms with Crippen LogP contribution in [0, 0.1) is 18.4 Å². The summed E-state index contributed by atoms with van der Waals surface area (Å²) in [5.74, 6) is 2.04. The number of hydrogen-bond acceptors (Lipinski definition) is 5. The highest BCUT2D eigenvalue weighted by Gasteiger charge is 2.04. The molecule has 0 saturated heterocycles. The zero-order chi connectivity index (χ0) is 11.3. The summed E-state index contributed by atoms with van der Waals surface area (Å²) >= 11 is 0. The molecule has 0 aliphatic rings. The van der Waals surface area contributed by atoms with Crippen molar-refractivity contribution in [3.63, 3.8) is 0 Å². The van der Waals surface area contributed by atoms with Crippen molar-refractivity contribution in [2.24, 2.45) is 0 Å². The predicted molar refractivity (Wildman–Crippen MR) is 59.6 cm³/mol. The minimum atomic E-state index is 0.614. The van der Waals surface area contributed by atoms with E-state index in [2.05, 4.69) is 22.2 Å². The van der Waals surface area contributed by atoms with Crippen LogP contribution in [-0.4, -0.2) is 23.6 Å². The van der Waals surface area contributed by atoms with Gasteiger partial charge in [0, 0.05) is 19.7 Å². The first kappa shape index (κ1) is 11.2. The van der Waals surface area contributed by atoms with Crippen molar-refractivity contribution in [1.82, 2.24) is 9.97 Å². The molecule has 1 aromatic rings. The minimum absolute atomic E-state index is 0.614. The first-order chi connectivity index (χ1) is 7.17. The summed E-state index contributed by atoms with van der Waals surface area (Å²) in [6.07, 6.45) is 3.04. The van der Waals surface area contributed by atoms with Crippen molar-refractivity contribution in [3.8, 4) is 6.19 Å². The van der Waals surface area contributed by atoms with Gasteiger partial charge in [0.25, 0.3) is 0 Å². The smallest absolute Gasteiger partial charge is 0.185 e. The van der Waals surface area contributed by atoms with Crippen LogP contribution >= 0.6 is 0 Å². The molecule has 0 aromatic carbocycles. The fourth-order valence-electron chi connectivity index (χ4n) is 1.12. The molecule has 0 aliphatic carbocycles. The van der Waals surface area contributed by atoms with E-state index in [-0.39, 0.29) is 0 Å². The largest absolute Gasteiger partial charge is 0.370 e. The molecule has 1 N–H and O–H groups in total. The maximum absolute atomic E-state index is 8.74. The molecule has 0 fully saturated rings. The predicted octanol–water partition coefficient (Wildman–Crippen LogP) is 1.52. The van der Waals surface area contributed by atoms with Gasteiger partial charge in [-0.2, -0.15) is 5.26 Å². The summed E-state index contributed by atoms with van der Waals surface area (Å²) in [7, 11) is 1.67. The average molecular weight is 205 g/mol. The van der Waals surface area contributed by atoms with Gasteiger partial charge in [-0.05, 0) is 13.3 Å². The number of aryl methyl sites for hydroxylation is 1. The van der Waals surface area contributed by atoms with Gasteiger partial charge in [-0.1, -0.05) is 6.92 Å². The lowest BCUT2D eigenvalue weighted by Gasteiger charge is -2.11. The molecule has 0 aliphatic heterocycles. The van der Waals surface area contributed by atoms with Crippen LogP contribution in [0.3, 0.4) is 0 Å². The topological polar surface area (TPSA) is 64.8 Å². The Labute approximate surface area is 89.8 Å². The molecular formula is C10H15N5. The van der Waals surface area contributed by atoms with Crippen molar-refractivity contribution >= 4 is 11.6 Å². The summed E-state index contributed by atoms with van der Waals surface area (Å²) in [5.41, 5.74) is 0. The highest BCUT2D eigenvalue weighted by molar-refractivity contribution is 5.51. The van der Waals surface area contributed by atoms with Gasteiger partial charge in [0.05, 0.1) is 0 Å². The van der Waals surface area contributed by atoms with Gasteiger partial charge in [-0.15, -0.1) is 0 Å². The highest BCUT2D eigenvalue weighted by Crippen LogP contribution is 2.13. The SMILES string of the molecule is CCCNc1cc(N(C)C#N)nc(C)n1. The van der Waals surface area contributed by atoms with Gasteiger partial charge in [0.15, 0.2) is 6.19 Å². The fraction of sp³-hybridized carbons (Fsp3) is 0.500. The summed E-state index contributed by atoms with van der Waals surface area (Å²) in [4.78, 5) is 9.80. The lowest BCUT2D eigenvalue weighted by molar-refractivity contribution is 0.948. The number of aromatic nitrogens is 2. The number of rotatable bonds is 4. The van der Waals surface area contributed by atoms with Gasteiger partial charge in [0.2, 0.25) is 0 Å². The standard InChI is InChI=1S/C10H15N5/c1-4-5-12-9-6-10(15(3)7-11)14-8(2)13-9/h6H,4-5H2,1-3H3,(H,12,13,14). The number of nitriles is 1. The van der Waals surface area contributed by atoms with Crippen LogP contribution in [0.5, 0.6) is 0 Å².